The van der Waals surface area contributed by atoms with Crippen molar-refractivity contribution in [3.05, 3.63) is 0 Å². The Morgan fingerprint density at radius 2 is 2.23 bits per heavy atom. The van der Waals surface area contributed by atoms with E-state index in [-0.39, 0.29) is 11.5 Å². The summed E-state index contributed by atoms with van der Waals surface area (Å²) >= 11 is 0. The molecule has 1 aliphatic rings. The van der Waals surface area contributed by atoms with Gasteiger partial charge in [-0.25, -0.2) is 8.42 Å². The van der Waals surface area contributed by atoms with Gasteiger partial charge in [0.05, 0.1) is 17.1 Å². The van der Waals surface area contributed by atoms with Gasteiger partial charge in [-0.3, -0.25) is 0 Å². The minimum atomic E-state index is -3.01. The quantitative estimate of drug-likeness (QED) is 0.657. The number of rotatable bonds is 3. The maximum atomic E-state index is 11.2. The Balaban J connectivity index is 2.58. The summed E-state index contributed by atoms with van der Waals surface area (Å²) in [5, 5.41) is 12.9. The predicted octanol–water partition coefficient (Wildman–Crippen LogP) is -0.464. The van der Waals surface area contributed by atoms with Crippen LogP contribution in [0.3, 0.4) is 0 Å². The lowest BCUT2D eigenvalue weighted by atomic mass is 10.00. The number of nitrogens with one attached hydrogen (secondary N) is 1. The Bertz CT molecular complexity index is 263. The van der Waals surface area contributed by atoms with Crippen LogP contribution in [0.25, 0.3) is 0 Å². The Morgan fingerprint density at radius 3 is 2.77 bits per heavy atom. The van der Waals surface area contributed by atoms with Crippen LogP contribution in [-0.2, 0) is 9.84 Å². The van der Waals surface area contributed by atoms with E-state index >= 15 is 0 Å². The Kier molecular flexibility index (Phi) is 3.32. The summed E-state index contributed by atoms with van der Waals surface area (Å²) in [7, 11) is -3.01. The van der Waals surface area contributed by atoms with Crippen molar-refractivity contribution in [1.82, 2.24) is 5.32 Å². The average Bonchev–Trinajstić information content (AvgIpc) is 1.98. The molecule has 1 saturated heterocycles. The molecule has 0 amide bonds. The Hall–Kier alpha value is -0.130. The van der Waals surface area contributed by atoms with Crippen LogP contribution in [0.2, 0.25) is 0 Å². The van der Waals surface area contributed by atoms with Gasteiger partial charge in [0.1, 0.15) is 0 Å². The van der Waals surface area contributed by atoms with Gasteiger partial charge in [0.2, 0.25) is 0 Å². The predicted molar refractivity (Wildman–Crippen MR) is 51.4 cm³/mol. The van der Waals surface area contributed by atoms with Crippen molar-refractivity contribution in [2.45, 2.75) is 25.4 Å². The maximum Gasteiger partial charge on any atom is 0.153 e. The monoisotopic (exact) mass is 207 g/mol. The molecule has 1 rings (SSSR count). The molecule has 0 bridgehead atoms. The van der Waals surface area contributed by atoms with Crippen LogP contribution in [0.1, 0.15) is 19.8 Å². The Morgan fingerprint density at radius 1 is 1.54 bits per heavy atom. The summed E-state index contributed by atoms with van der Waals surface area (Å²) in [6, 6.07) is 0. The topological polar surface area (TPSA) is 66.4 Å². The molecular weight excluding hydrogens is 190 g/mol. The number of sulfone groups is 1. The van der Waals surface area contributed by atoms with Crippen molar-refractivity contribution in [1.29, 1.82) is 0 Å². The zero-order valence-corrected chi connectivity index (χ0v) is 8.73. The van der Waals surface area contributed by atoms with E-state index < -0.39 is 15.4 Å². The molecule has 1 heterocycles. The highest BCUT2D eigenvalue weighted by atomic mass is 32.2. The minimum Gasteiger partial charge on any atom is -0.388 e. The second kappa shape index (κ2) is 3.94. The first-order valence-electron chi connectivity index (χ1n) is 4.61. The standard InChI is InChI=1S/C8H17NO3S/c1-2-9-6-8(10)4-3-5-13(11,12)7-8/h9-10H,2-7H2,1H3. The van der Waals surface area contributed by atoms with Gasteiger partial charge in [-0.05, 0) is 19.4 Å². The van der Waals surface area contributed by atoms with Crippen molar-refractivity contribution in [2.75, 3.05) is 24.6 Å². The van der Waals surface area contributed by atoms with Gasteiger partial charge in [0, 0.05) is 6.54 Å². The summed E-state index contributed by atoms with van der Waals surface area (Å²) in [4.78, 5) is 0. The van der Waals surface area contributed by atoms with E-state index in [4.69, 9.17) is 0 Å². The van der Waals surface area contributed by atoms with E-state index in [1.54, 1.807) is 0 Å². The van der Waals surface area contributed by atoms with E-state index in [0.717, 1.165) is 6.54 Å². The fourth-order valence-electron chi connectivity index (χ4n) is 1.67. The van der Waals surface area contributed by atoms with E-state index in [9.17, 15) is 13.5 Å². The lowest BCUT2D eigenvalue weighted by Gasteiger charge is -2.31. The van der Waals surface area contributed by atoms with Gasteiger partial charge in [-0.2, -0.15) is 0 Å². The molecule has 0 spiro atoms. The summed E-state index contributed by atoms with van der Waals surface area (Å²) in [5.74, 6) is 0.133. The van der Waals surface area contributed by atoms with Crippen molar-refractivity contribution < 1.29 is 13.5 Å². The molecule has 0 aliphatic carbocycles. The molecule has 1 aliphatic heterocycles. The summed E-state index contributed by atoms with van der Waals surface area (Å²) < 4.78 is 22.5. The largest absolute Gasteiger partial charge is 0.388 e. The molecule has 4 nitrogen and oxygen atoms in total. The Labute approximate surface area is 79.3 Å². The second-order valence-electron chi connectivity index (χ2n) is 3.70. The summed E-state index contributed by atoms with van der Waals surface area (Å²) in [6.07, 6.45) is 1.16. The molecule has 2 N–H and O–H groups in total. The number of hydrogen-bond donors (Lipinski definition) is 2. The van der Waals surface area contributed by atoms with Gasteiger partial charge in [0.15, 0.2) is 9.84 Å². The van der Waals surface area contributed by atoms with Crippen molar-refractivity contribution in [2.24, 2.45) is 0 Å². The van der Waals surface area contributed by atoms with E-state index in [2.05, 4.69) is 5.32 Å². The third kappa shape index (κ3) is 3.25. The lowest BCUT2D eigenvalue weighted by molar-refractivity contribution is 0.0504. The molecule has 0 aromatic rings. The number of likely N-dealkylation sites (N-methyl/N-ethyl adjacent to an activating group) is 1. The molecule has 0 aromatic heterocycles. The van der Waals surface area contributed by atoms with Gasteiger partial charge in [-0.15, -0.1) is 0 Å². The molecule has 78 valence electrons. The minimum absolute atomic E-state index is 0.0903. The lowest BCUT2D eigenvalue weighted by Crippen LogP contribution is -2.49. The molecule has 1 fully saturated rings. The van der Waals surface area contributed by atoms with Gasteiger partial charge in [0.25, 0.3) is 0 Å². The van der Waals surface area contributed by atoms with E-state index in [1.165, 1.54) is 0 Å². The van der Waals surface area contributed by atoms with Crippen molar-refractivity contribution in [3.63, 3.8) is 0 Å². The maximum absolute atomic E-state index is 11.2. The normalized spacial score (nSPS) is 33.1. The van der Waals surface area contributed by atoms with Crippen LogP contribution >= 0.6 is 0 Å². The molecule has 0 aromatic carbocycles. The summed E-state index contributed by atoms with van der Waals surface area (Å²) in [5.41, 5.74) is -1.03. The third-order valence-corrected chi connectivity index (χ3v) is 4.18. The third-order valence-electron chi connectivity index (χ3n) is 2.29. The van der Waals surface area contributed by atoms with E-state index in [1.807, 2.05) is 6.92 Å². The first-order chi connectivity index (χ1) is 5.97. The van der Waals surface area contributed by atoms with Crippen LogP contribution in [0.15, 0.2) is 0 Å². The smallest absolute Gasteiger partial charge is 0.153 e. The summed E-state index contributed by atoms with van der Waals surface area (Å²) in [6.45, 7) is 3.06. The fourth-order valence-corrected chi connectivity index (χ4v) is 3.47. The first-order valence-corrected chi connectivity index (χ1v) is 6.43. The zero-order chi connectivity index (χ0) is 9.95. The van der Waals surface area contributed by atoms with Crippen LogP contribution < -0.4 is 5.32 Å². The van der Waals surface area contributed by atoms with Gasteiger partial charge in [-0.1, -0.05) is 6.92 Å². The van der Waals surface area contributed by atoms with Gasteiger partial charge >= 0.3 is 0 Å². The van der Waals surface area contributed by atoms with Crippen LogP contribution in [0, 0.1) is 0 Å². The second-order valence-corrected chi connectivity index (χ2v) is 5.88. The number of aliphatic hydroxyl groups is 1. The molecule has 5 heteroatoms. The molecule has 1 unspecified atom stereocenters. The number of hydrogen-bond acceptors (Lipinski definition) is 4. The average molecular weight is 207 g/mol. The first kappa shape index (κ1) is 10.9. The molecule has 0 radical (unpaired) electrons. The molecule has 13 heavy (non-hydrogen) atoms. The highest BCUT2D eigenvalue weighted by molar-refractivity contribution is 7.91. The zero-order valence-electron chi connectivity index (χ0n) is 7.91. The van der Waals surface area contributed by atoms with E-state index in [0.29, 0.717) is 19.4 Å². The van der Waals surface area contributed by atoms with Gasteiger partial charge < -0.3 is 10.4 Å². The van der Waals surface area contributed by atoms with Crippen molar-refractivity contribution >= 4 is 9.84 Å². The van der Waals surface area contributed by atoms with Crippen molar-refractivity contribution in [3.8, 4) is 0 Å². The highest BCUT2D eigenvalue weighted by Gasteiger charge is 2.36. The molecule has 1 atom stereocenters. The van der Waals surface area contributed by atoms with Crippen LogP contribution in [-0.4, -0.2) is 43.7 Å². The molecular formula is C8H17NO3S. The molecule has 0 saturated carbocycles. The fraction of sp³-hybridized carbons (Fsp3) is 1.00. The van der Waals surface area contributed by atoms with Crippen LogP contribution in [0.5, 0.6) is 0 Å². The SMILES string of the molecule is CCNCC1(O)CCCS(=O)(=O)C1. The highest BCUT2D eigenvalue weighted by Crippen LogP contribution is 2.21. The van der Waals surface area contributed by atoms with Crippen LogP contribution in [0.4, 0.5) is 0 Å².